The highest BCUT2D eigenvalue weighted by Gasteiger charge is 2.11. The van der Waals surface area contributed by atoms with E-state index in [9.17, 15) is 0 Å². The van der Waals surface area contributed by atoms with Gasteiger partial charge in [0, 0.05) is 22.6 Å². The van der Waals surface area contributed by atoms with Crippen LogP contribution in [0.15, 0.2) is 51.4 Å². The maximum atomic E-state index is 5.75. The number of benzene rings is 2. The number of rotatable bonds is 6. The molecule has 2 aromatic rings. The first-order chi connectivity index (χ1) is 10.1. The molecule has 0 aliphatic heterocycles. The van der Waals surface area contributed by atoms with E-state index in [4.69, 9.17) is 4.74 Å². The maximum absolute atomic E-state index is 5.75. The topological polar surface area (TPSA) is 21.3 Å². The molecular weight excluding hydrogens is 394 g/mol. The molecule has 2 aromatic carbocycles. The van der Waals surface area contributed by atoms with Crippen molar-refractivity contribution in [2.75, 3.05) is 6.61 Å². The van der Waals surface area contributed by atoms with E-state index in [1.54, 1.807) is 0 Å². The van der Waals surface area contributed by atoms with Gasteiger partial charge in [-0.3, -0.25) is 0 Å². The van der Waals surface area contributed by atoms with Crippen molar-refractivity contribution in [2.24, 2.45) is 0 Å². The molecule has 0 radical (unpaired) electrons. The van der Waals surface area contributed by atoms with Crippen molar-refractivity contribution in [3.63, 3.8) is 0 Å². The van der Waals surface area contributed by atoms with Gasteiger partial charge in [-0.25, -0.2) is 0 Å². The Hall–Kier alpha value is -0.840. The minimum Gasteiger partial charge on any atom is -0.492 e. The fraction of sp³-hybridized carbons (Fsp3) is 0.294. The van der Waals surface area contributed by atoms with Gasteiger partial charge in [0.25, 0.3) is 0 Å². The van der Waals surface area contributed by atoms with Gasteiger partial charge in [-0.2, -0.15) is 0 Å². The second-order valence-corrected chi connectivity index (χ2v) is 6.59. The Bertz CT molecular complexity index is 587. The fourth-order valence-electron chi connectivity index (χ4n) is 2.17. The van der Waals surface area contributed by atoms with E-state index in [1.807, 2.05) is 19.1 Å². The third-order valence-electron chi connectivity index (χ3n) is 3.27. The molecule has 0 saturated carbocycles. The summed E-state index contributed by atoms with van der Waals surface area (Å²) in [5, 5.41) is 3.55. The first-order valence-electron chi connectivity index (χ1n) is 7.01. The lowest BCUT2D eigenvalue weighted by molar-refractivity contribution is 0.332. The van der Waals surface area contributed by atoms with Crippen LogP contribution in [0.3, 0.4) is 0 Å². The van der Waals surface area contributed by atoms with Gasteiger partial charge < -0.3 is 10.1 Å². The Morgan fingerprint density at radius 3 is 2.52 bits per heavy atom. The van der Waals surface area contributed by atoms with Gasteiger partial charge in [0.05, 0.1) is 11.1 Å². The molecule has 0 spiro atoms. The molecular formula is C17H19Br2NO. The summed E-state index contributed by atoms with van der Waals surface area (Å²) in [7, 11) is 0. The standard InChI is InChI=1S/C17H19Br2NO/c1-3-21-17-14(9-15(18)10-16(17)19)11-20-12(2)13-7-5-4-6-8-13/h4-10,12,20H,3,11H2,1-2H3. The van der Waals surface area contributed by atoms with Gasteiger partial charge in [0.15, 0.2) is 0 Å². The van der Waals surface area contributed by atoms with Gasteiger partial charge in [0.2, 0.25) is 0 Å². The van der Waals surface area contributed by atoms with E-state index in [0.29, 0.717) is 12.6 Å². The van der Waals surface area contributed by atoms with Crippen LogP contribution in [0.25, 0.3) is 0 Å². The second kappa shape index (κ2) is 7.97. The predicted molar refractivity (Wildman–Crippen MR) is 94.7 cm³/mol. The molecule has 112 valence electrons. The molecule has 1 unspecified atom stereocenters. The van der Waals surface area contributed by atoms with Crippen molar-refractivity contribution >= 4 is 31.9 Å². The van der Waals surface area contributed by atoms with Crippen molar-refractivity contribution in [1.82, 2.24) is 5.32 Å². The van der Waals surface area contributed by atoms with Crippen molar-refractivity contribution in [3.05, 3.63) is 62.5 Å². The lowest BCUT2D eigenvalue weighted by Crippen LogP contribution is -2.18. The van der Waals surface area contributed by atoms with Crippen molar-refractivity contribution in [3.8, 4) is 5.75 Å². The number of hydrogen-bond acceptors (Lipinski definition) is 2. The van der Waals surface area contributed by atoms with Crippen LogP contribution < -0.4 is 10.1 Å². The van der Waals surface area contributed by atoms with Gasteiger partial charge in [-0.05, 0) is 47.5 Å². The molecule has 0 aliphatic carbocycles. The zero-order valence-corrected chi connectivity index (χ0v) is 15.4. The molecule has 0 aliphatic rings. The Labute approximate surface area is 143 Å². The van der Waals surface area contributed by atoms with Crippen LogP contribution in [-0.4, -0.2) is 6.61 Å². The Morgan fingerprint density at radius 2 is 1.86 bits per heavy atom. The summed E-state index contributed by atoms with van der Waals surface area (Å²) >= 11 is 7.10. The quantitative estimate of drug-likeness (QED) is 0.679. The van der Waals surface area contributed by atoms with Gasteiger partial charge in [-0.1, -0.05) is 46.3 Å². The largest absolute Gasteiger partial charge is 0.492 e. The van der Waals surface area contributed by atoms with Crippen LogP contribution in [0.2, 0.25) is 0 Å². The zero-order chi connectivity index (χ0) is 15.2. The average Bonchev–Trinajstić information content (AvgIpc) is 2.48. The number of halogens is 2. The van der Waals surface area contributed by atoms with Crippen LogP contribution in [0.4, 0.5) is 0 Å². The molecule has 2 nitrogen and oxygen atoms in total. The Morgan fingerprint density at radius 1 is 1.14 bits per heavy atom. The maximum Gasteiger partial charge on any atom is 0.138 e. The molecule has 1 atom stereocenters. The molecule has 0 fully saturated rings. The van der Waals surface area contributed by atoms with Gasteiger partial charge in [0.1, 0.15) is 5.75 Å². The van der Waals surface area contributed by atoms with Crippen LogP contribution in [0, 0.1) is 0 Å². The van der Waals surface area contributed by atoms with Gasteiger partial charge >= 0.3 is 0 Å². The summed E-state index contributed by atoms with van der Waals surface area (Å²) in [6.45, 7) is 5.58. The number of hydrogen-bond donors (Lipinski definition) is 1. The SMILES string of the molecule is CCOc1c(Br)cc(Br)cc1CNC(C)c1ccccc1. The molecule has 0 aromatic heterocycles. The van der Waals surface area contributed by atoms with Crippen molar-refractivity contribution < 1.29 is 4.74 Å². The monoisotopic (exact) mass is 411 g/mol. The van der Waals surface area contributed by atoms with Crippen LogP contribution in [-0.2, 0) is 6.54 Å². The first kappa shape index (κ1) is 16.5. The van der Waals surface area contributed by atoms with E-state index in [-0.39, 0.29) is 0 Å². The zero-order valence-electron chi connectivity index (χ0n) is 12.2. The summed E-state index contributed by atoms with van der Waals surface area (Å²) in [6, 6.07) is 14.8. The smallest absolute Gasteiger partial charge is 0.138 e. The fourth-order valence-corrected chi connectivity index (χ4v) is 3.60. The minimum absolute atomic E-state index is 0.290. The molecule has 0 saturated heterocycles. The van der Waals surface area contributed by atoms with Crippen LogP contribution >= 0.6 is 31.9 Å². The highest BCUT2D eigenvalue weighted by atomic mass is 79.9. The summed E-state index contributed by atoms with van der Waals surface area (Å²) in [6.07, 6.45) is 0. The second-order valence-electron chi connectivity index (χ2n) is 4.82. The lowest BCUT2D eigenvalue weighted by Gasteiger charge is -2.17. The minimum atomic E-state index is 0.290. The van der Waals surface area contributed by atoms with E-state index in [0.717, 1.165) is 26.8 Å². The van der Waals surface area contributed by atoms with Crippen molar-refractivity contribution in [2.45, 2.75) is 26.4 Å². The number of nitrogens with one attached hydrogen (secondary N) is 1. The molecule has 2 rings (SSSR count). The van der Waals surface area contributed by atoms with Crippen molar-refractivity contribution in [1.29, 1.82) is 0 Å². The third kappa shape index (κ3) is 4.56. The predicted octanol–water partition coefficient (Wildman–Crippen LogP) is 5.46. The van der Waals surface area contributed by atoms with Crippen LogP contribution in [0.5, 0.6) is 5.75 Å². The molecule has 1 N–H and O–H groups in total. The Balaban J connectivity index is 2.12. The summed E-state index contributed by atoms with van der Waals surface area (Å²) in [5.41, 5.74) is 2.42. The Kier molecular flexibility index (Phi) is 6.27. The normalized spacial score (nSPS) is 12.2. The first-order valence-corrected chi connectivity index (χ1v) is 8.59. The third-order valence-corrected chi connectivity index (χ3v) is 4.32. The van der Waals surface area contributed by atoms with E-state index < -0.39 is 0 Å². The van der Waals surface area contributed by atoms with Crippen LogP contribution in [0.1, 0.15) is 31.0 Å². The molecule has 0 bridgehead atoms. The number of ether oxygens (including phenoxy) is 1. The summed E-state index contributed by atoms with van der Waals surface area (Å²) in [4.78, 5) is 0. The molecule has 21 heavy (non-hydrogen) atoms. The molecule has 4 heteroatoms. The molecule has 0 heterocycles. The highest BCUT2D eigenvalue weighted by molar-refractivity contribution is 9.11. The summed E-state index contributed by atoms with van der Waals surface area (Å²) in [5.74, 6) is 0.911. The highest BCUT2D eigenvalue weighted by Crippen LogP contribution is 2.33. The van der Waals surface area contributed by atoms with E-state index >= 15 is 0 Å². The summed E-state index contributed by atoms with van der Waals surface area (Å²) < 4.78 is 7.77. The van der Waals surface area contributed by atoms with Gasteiger partial charge in [-0.15, -0.1) is 0 Å². The average molecular weight is 413 g/mol. The lowest BCUT2D eigenvalue weighted by atomic mass is 10.1. The van der Waals surface area contributed by atoms with E-state index in [2.05, 4.69) is 74.4 Å². The van der Waals surface area contributed by atoms with E-state index in [1.165, 1.54) is 5.56 Å². The molecule has 0 amide bonds.